The van der Waals surface area contributed by atoms with Crippen LogP contribution in [0.5, 0.6) is 0 Å². The number of carbonyl (C=O) groups excluding carboxylic acids is 2. The number of Topliss-reactive ketones (excluding diaryl/α,β-unsaturated/α-hetero) is 1. The molecule has 3 rings (SSSR count). The second kappa shape index (κ2) is 6.19. The zero-order chi connectivity index (χ0) is 15.7. The minimum Gasteiger partial charge on any atom is -0.394 e. The first-order valence-corrected chi connectivity index (χ1v) is 7.99. The standard InChI is InChI=1S/C13H16N4O4S/c14-13(20)10-11(12(19)8-2-1-5-22-8)17(16-15-10)9-4-3-7(6-18)21-9/h2,7,9,18H,1,3-6H2,(H2,14,20). The number of aromatic nitrogens is 3. The van der Waals surface area contributed by atoms with Gasteiger partial charge in [-0.25, -0.2) is 4.68 Å². The normalized spacial score (nSPS) is 24.5. The molecular formula is C13H16N4O4S. The Morgan fingerprint density at radius 2 is 2.32 bits per heavy atom. The summed E-state index contributed by atoms with van der Waals surface area (Å²) < 4.78 is 6.94. The predicted octanol–water partition coefficient (Wildman–Crippen LogP) is 0.250. The molecule has 2 unspecified atom stereocenters. The van der Waals surface area contributed by atoms with Gasteiger partial charge in [-0.1, -0.05) is 11.3 Å². The van der Waals surface area contributed by atoms with Gasteiger partial charge in [0.1, 0.15) is 5.69 Å². The van der Waals surface area contributed by atoms with Gasteiger partial charge in [0.2, 0.25) is 5.78 Å². The maximum atomic E-state index is 12.7. The van der Waals surface area contributed by atoms with Crippen LogP contribution in [0.4, 0.5) is 0 Å². The molecule has 22 heavy (non-hydrogen) atoms. The summed E-state index contributed by atoms with van der Waals surface area (Å²) in [4.78, 5) is 24.8. The first-order valence-electron chi connectivity index (χ1n) is 7.00. The van der Waals surface area contributed by atoms with Crippen LogP contribution in [0.25, 0.3) is 0 Å². The number of hydrogen-bond acceptors (Lipinski definition) is 7. The molecule has 0 saturated carbocycles. The summed E-state index contributed by atoms with van der Waals surface area (Å²) in [5.41, 5.74) is 5.22. The fraction of sp³-hybridized carbons (Fsp3) is 0.538. The number of nitrogens with zero attached hydrogens (tertiary/aromatic N) is 3. The number of carbonyl (C=O) groups is 2. The topological polar surface area (TPSA) is 120 Å². The number of hydrogen-bond donors (Lipinski definition) is 2. The second-order valence-electron chi connectivity index (χ2n) is 5.10. The summed E-state index contributed by atoms with van der Waals surface area (Å²) in [6.45, 7) is -0.0990. The van der Waals surface area contributed by atoms with E-state index in [1.54, 1.807) is 0 Å². The fourth-order valence-corrected chi connectivity index (χ4v) is 3.49. The Labute approximate surface area is 130 Å². The van der Waals surface area contributed by atoms with Crippen molar-refractivity contribution in [1.29, 1.82) is 0 Å². The average molecular weight is 324 g/mol. The molecule has 8 nitrogen and oxygen atoms in total. The van der Waals surface area contributed by atoms with Crippen molar-refractivity contribution >= 4 is 23.5 Å². The Balaban J connectivity index is 1.97. The highest BCUT2D eigenvalue weighted by atomic mass is 32.2. The molecule has 1 aromatic rings. The molecule has 2 aliphatic heterocycles. The number of amides is 1. The molecule has 3 heterocycles. The van der Waals surface area contributed by atoms with Crippen LogP contribution in [-0.4, -0.2) is 50.3 Å². The van der Waals surface area contributed by atoms with E-state index in [1.807, 2.05) is 6.08 Å². The first kappa shape index (κ1) is 15.2. The highest BCUT2D eigenvalue weighted by Gasteiger charge is 2.34. The third kappa shape index (κ3) is 2.67. The van der Waals surface area contributed by atoms with Gasteiger partial charge in [-0.15, -0.1) is 16.9 Å². The Morgan fingerprint density at radius 3 is 2.91 bits per heavy atom. The van der Waals surface area contributed by atoms with E-state index in [-0.39, 0.29) is 29.9 Å². The van der Waals surface area contributed by atoms with E-state index < -0.39 is 12.1 Å². The van der Waals surface area contributed by atoms with E-state index >= 15 is 0 Å². The number of aliphatic hydroxyl groups excluding tert-OH is 1. The van der Waals surface area contributed by atoms with E-state index in [2.05, 4.69) is 10.3 Å². The van der Waals surface area contributed by atoms with Crippen LogP contribution in [-0.2, 0) is 4.74 Å². The van der Waals surface area contributed by atoms with E-state index in [9.17, 15) is 9.59 Å². The van der Waals surface area contributed by atoms with Crippen LogP contribution < -0.4 is 5.73 Å². The Bertz CT molecular complexity index is 642. The van der Waals surface area contributed by atoms with E-state index in [0.717, 1.165) is 12.2 Å². The van der Waals surface area contributed by atoms with Crippen molar-refractivity contribution in [3.8, 4) is 0 Å². The van der Waals surface area contributed by atoms with Crippen molar-refractivity contribution in [1.82, 2.24) is 15.0 Å². The summed E-state index contributed by atoms with van der Waals surface area (Å²) in [5.74, 6) is -0.270. The number of aliphatic hydroxyl groups is 1. The minimum atomic E-state index is -0.796. The quantitative estimate of drug-likeness (QED) is 0.745. The van der Waals surface area contributed by atoms with E-state index in [4.69, 9.17) is 15.6 Å². The third-order valence-corrected chi connectivity index (χ3v) is 4.74. The number of thioether (sulfide) groups is 1. The predicted molar refractivity (Wildman–Crippen MR) is 78.3 cm³/mol. The van der Waals surface area contributed by atoms with E-state index in [1.165, 1.54) is 16.4 Å². The van der Waals surface area contributed by atoms with Crippen LogP contribution in [0.15, 0.2) is 11.0 Å². The molecular weight excluding hydrogens is 308 g/mol. The number of primary amides is 1. The summed E-state index contributed by atoms with van der Waals surface area (Å²) in [6, 6.07) is 0. The first-order chi connectivity index (χ1) is 10.6. The lowest BCUT2D eigenvalue weighted by Gasteiger charge is -2.14. The second-order valence-corrected chi connectivity index (χ2v) is 6.24. The summed E-state index contributed by atoms with van der Waals surface area (Å²) in [6.07, 6.45) is 3.06. The summed E-state index contributed by atoms with van der Waals surface area (Å²) >= 11 is 1.44. The van der Waals surface area contributed by atoms with Gasteiger partial charge in [0.15, 0.2) is 11.9 Å². The number of ether oxygens (including phenoxy) is 1. The van der Waals surface area contributed by atoms with Gasteiger partial charge in [0, 0.05) is 5.75 Å². The van der Waals surface area contributed by atoms with Crippen LogP contribution in [0.2, 0.25) is 0 Å². The van der Waals surface area contributed by atoms with Crippen LogP contribution in [0.1, 0.15) is 46.5 Å². The maximum absolute atomic E-state index is 12.7. The van der Waals surface area contributed by atoms with Gasteiger partial charge in [-0.05, 0) is 19.3 Å². The number of allylic oxidation sites excluding steroid dienone is 2. The SMILES string of the molecule is NC(=O)c1nnn(C2CCC(CO)O2)c1C(=O)C1=CCCS1. The van der Waals surface area contributed by atoms with Crippen molar-refractivity contribution in [3.05, 3.63) is 22.4 Å². The molecule has 0 radical (unpaired) electrons. The van der Waals surface area contributed by atoms with Crippen molar-refractivity contribution < 1.29 is 19.4 Å². The largest absolute Gasteiger partial charge is 0.394 e. The van der Waals surface area contributed by atoms with Crippen molar-refractivity contribution in [2.24, 2.45) is 5.73 Å². The fourth-order valence-electron chi connectivity index (χ4n) is 2.57. The summed E-state index contributed by atoms with van der Waals surface area (Å²) in [7, 11) is 0. The van der Waals surface area contributed by atoms with Gasteiger partial charge < -0.3 is 15.6 Å². The van der Waals surface area contributed by atoms with Crippen LogP contribution in [0.3, 0.4) is 0 Å². The molecule has 1 amide bonds. The Kier molecular flexibility index (Phi) is 4.27. The molecule has 1 aromatic heterocycles. The molecule has 1 fully saturated rings. The van der Waals surface area contributed by atoms with Gasteiger partial charge in [-0.3, -0.25) is 9.59 Å². The molecule has 0 aliphatic carbocycles. The zero-order valence-electron chi connectivity index (χ0n) is 11.8. The monoisotopic (exact) mass is 324 g/mol. The van der Waals surface area contributed by atoms with E-state index in [0.29, 0.717) is 17.7 Å². The number of rotatable bonds is 5. The lowest BCUT2D eigenvalue weighted by molar-refractivity contribution is -0.0297. The van der Waals surface area contributed by atoms with Gasteiger partial charge in [-0.2, -0.15) is 0 Å². The minimum absolute atomic E-state index is 0.0664. The molecule has 2 aliphatic rings. The Morgan fingerprint density at radius 1 is 1.50 bits per heavy atom. The Hall–Kier alpha value is -1.71. The molecule has 3 N–H and O–H groups in total. The molecule has 9 heteroatoms. The molecule has 1 saturated heterocycles. The smallest absolute Gasteiger partial charge is 0.271 e. The number of ketones is 1. The zero-order valence-corrected chi connectivity index (χ0v) is 12.6. The molecule has 0 bridgehead atoms. The highest BCUT2D eigenvalue weighted by Crippen LogP contribution is 2.32. The molecule has 0 spiro atoms. The van der Waals surface area contributed by atoms with Crippen molar-refractivity contribution in [3.63, 3.8) is 0 Å². The number of nitrogens with two attached hydrogens (primary N) is 1. The van der Waals surface area contributed by atoms with Gasteiger partial charge in [0.25, 0.3) is 5.91 Å². The molecule has 0 aromatic carbocycles. The van der Waals surface area contributed by atoms with Gasteiger partial charge >= 0.3 is 0 Å². The van der Waals surface area contributed by atoms with Crippen LogP contribution in [0, 0.1) is 0 Å². The van der Waals surface area contributed by atoms with Crippen molar-refractivity contribution in [2.75, 3.05) is 12.4 Å². The highest BCUT2D eigenvalue weighted by molar-refractivity contribution is 8.04. The lowest BCUT2D eigenvalue weighted by Crippen LogP contribution is -2.22. The summed E-state index contributed by atoms with van der Waals surface area (Å²) in [5, 5.41) is 16.8. The van der Waals surface area contributed by atoms with Gasteiger partial charge in [0.05, 0.1) is 17.6 Å². The molecule has 2 atom stereocenters. The third-order valence-electron chi connectivity index (χ3n) is 3.63. The average Bonchev–Trinajstić information content (AvgIpc) is 3.24. The van der Waals surface area contributed by atoms with Crippen molar-refractivity contribution in [2.45, 2.75) is 31.6 Å². The van der Waals surface area contributed by atoms with Crippen LogP contribution >= 0.6 is 11.8 Å². The maximum Gasteiger partial charge on any atom is 0.271 e. The molecule has 118 valence electrons. The lowest BCUT2D eigenvalue weighted by atomic mass is 10.2.